The van der Waals surface area contributed by atoms with Crippen LogP contribution in [0.3, 0.4) is 0 Å². The van der Waals surface area contributed by atoms with Crippen LogP contribution in [-0.2, 0) is 0 Å². The largest absolute Gasteiger partial charge is 0.329 e. The van der Waals surface area contributed by atoms with E-state index in [0.29, 0.717) is 6.04 Å². The predicted molar refractivity (Wildman–Crippen MR) is 53.0 cm³/mol. The van der Waals surface area contributed by atoms with Crippen LogP contribution in [0.1, 0.15) is 26.2 Å². The molecular weight excluding hydrogens is 148 g/mol. The van der Waals surface area contributed by atoms with Crippen LogP contribution in [0, 0.1) is 5.92 Å². The van der Waals surface area contributed by atoms with Gasteiger partial charge in [0.1, 0.15) is 0 Å². The zero-order valence-electron chi connectivity index (χ0n) is 7.92. The first-order valence-electron chi connectivity index (χ1n) is 4.93. The molecule has 12 heavy (non-hydrogen) atoms. The fourth-order valence-electron chi connectivity index (χ4n) is 1.53. The minimum absolute atomic E-state index is 0.468. The van der Waals surface area contributed by atoms with E-state index in [9.17, 15) is 0 Å². The summed E-state index contributed by atoms with van der Waals surface area (Å²) >= 11 is 0. The van der Waals surface area contributed by atoms with Gasteiger partial charge in [0, 0.05) is 12.6 Å². The highest BCUT2D eigenvalue weighted by atomic mass is 14.9. The molecule has 0 aromatic carbocycles. The standard InChI is InChI=1S/C10H20N2/c1-9(8-11)12-7-6-10-4-2-3-5-10/h2,4,9-10,12H,3,5-8,11H2,1H3/t9-,10?/m1/s1. The van der Waals surface area contributed by atoms with E-state index < -0.39 is 0 Å². The predicted octanol–water partition coefficient (Wildman–Crippen LogP) is 1.28. The van der Waals surface area contributed by atoms with Crippen LogP contribution in [0.15, 0.2) is 12.2 Å². The molecule has 0 aromatic heterocycles. The average molecular weight is 168 g/mol. The third-order valence-corrected chi connectivity index (χ3v) is 2.47. The number of rotatable bonds is 5. The Labute approximate surface area is 75.2 Å². The highest BCUT2D eigenvalue weighted by Crippen LogP contribution is 2.19. The second-order valence-electron chi connectivity index (χ2n) is 3.65. The van der Waals surface area contributed by atoms with Crippen LogP contribution >= 0.6 is 0 Å². The molecule has 2 atom stereocenters. The SMILES string of the molecule is C[C@H](CN)NCCC1C=CCC1. The Kier molecular flexibility index (Phi) is 4.33. The molecule has 0 heterocycles. The van der Waals surface area contributed by atoms with E-state index in [-0.39, 0.29) is 0 Å². The highest BCUT2D eigenvalue weighted by Gasteiger charge is 2.08. The zero-order chi connectivity index (χ0) is 8.81. The van der Waals surface area contributed by atoms with Gasteiger partial charge in [-0.2, -0.15) is 0 Å². The Morgan fingerprint density at radius 3 is 3.08 bits per heavy atom. The van der Waals surface area contributed by atoms with Crippen LogP contribution in [0.5, 0.6) is 0 Å². The molecule has 0 saturated carbocycles. The number of nitrogens with two attached hydrogens (primary N) is 1. The van der Waals surface area contributed by atoms with Crippen molar-refractivity contribution in [3.05, 3.63) is 12.2 Å². The van der Waals surface area contributed by atoms with Crippen LogP contribution in [0.4, 0.5) is 0 Å². The first-order chi connectivity index (χ1) is 5.83. The first-order valence-corrected chi connectivity index (χ1v) is 4.93. The molecule has 1 unspecified atom stereocenters. The summed E-state index contributed by atoms with van der Waals surface area (Å²) in [6, 6.07) is 0.468. The minimum Gasteiger partial charge on any atom is -0.329 e. The van der Waals surface area contributed by atoms with E-state index in [4.69, 9.17) is 5.73 Å². The molecule has 0 aromatic rings. The molecule has 0 fully saturated rings. The molecule has 0 bridgehead atoms. The van der Waals surface area contributed by atoms with E-state index in [1.54, 1.807) is 0 Å². The lowest BCUT2D eigenvalue weighted by Crippen LogP contribution is -2.34. The van der Waals surface area contributed by atoms with Crippen molar-refractivity contribution in [3.63, 3.8) is 0 Å². The van der Waals surface area contributed by atoms with E-state index in [0.717, 1.165) is 19.0 Å². The van der Waals surface area contributed by atoms with Crippen LogP contribution < -0.4 is 11.1 Å². The Morgan fingerprint density at radius 1 is 1.67 bits per heavy atom. The number of hydrogen-bond acceptors (Lipinski definition) is 2. The molecule has 1 aliphatic carbocycles. The second kappa shape index (κ2) is 5.33. The first kappa shape index (κ1) is 9.75. The highest BCUT2D eigenvalue weighted by molar-refractivity contribution is 4.96. The maximum atomic E-state index is 5.49. The van der Waals surface area contributed by atoms with E-state index in [1.807, 2.05) is 0 Å². The van der Waals surface area contributed by atoms with E-state index in [2.05, 4.69) is 24.4 Å². The fraction of sp³-hybridized carbons (Fsp3) is 0.800. The van der Waals surface area contributed by atoms with Crippen molar-refractivity contribution in [1.29, 1.82) is 0 Å². The van der Waals surface area contributed by atoms with Crippen molar-refractivity contribution in [2.24, 2.45) is 11.7 Å². The van der Waals surface area contributed by atoms with Crippen LogP contribution in [-0.4, -0.2) is 19.1 Å². The molecule has 70 valence electrons. The molecular formula is C10H20N2. The molecule has 1 rings (SSSR count). The minimum atomic E-state index is 0.468. The molecule has 2 nitrogen and oxygen atoms in total. The average Bonchev–Trinajstić information content (AvgIpc) is 2.57. The van der Waals surface area contributed by atoms with Crippen LogP contribution in [0.2, 0.25) is 0 Å². The summed E-state index contributed by atoms with van der Waals surface area (Å²) in [4.78, 5) is 0. The lowest BCUT2D eigenvalue weighted by Gasteiger charge is -2.12. The molecule has 1 aliphatic rings. The number of hydrogen-bond donors (Lipinski definition) is 2. The number of nitrogens with one attached hydrogen (secondary N) is 1. The monoisotopic (exact) mass is 168 g/mol. The Balaban J connectivity index is 1.98. The lowest BCUT2D eigenvalue weighted by molar-refractivity contribution is 0.491. The van der Waals surface area contributed by atoms with Gasteiger partial charge in [-0.05, 0) is 38.6 Å². The van der Waals surface area contributed by atoms with Gasteiger partial charge in [0.25, 0.3) is 0 Å². The van der Waals surface area contributed by atoms with Gasteiger partial charge >= 0.3 is 0 Å². The third-order valence-electron chi connectivity index (χ3n) is 2.47. The summed E-state index contributed by atoms with van der Waals surface area (Å²) in [5.41, 5.74) is 5.49. The van der Waals surface area contributed by atoms with Crippen molar-refractivity contribution < 1.29 is 0 Å². The van der Waals surface area contributed by atoms with Crippen molar-refractivity contribution in [2.75, 3.05) is 13.1 Å². The summed E-state index contributed by atoms with van der Waals surface area (Å²) in [5, 5.41) is 3.40. The maximum absolute atomic E-state index is 5.49. The molecule has 0 aliphatic heterocycles. The van der Waals surface area contributed by atoms with Crippen molar-refractivity contribution in [2.45, 2.75) is 32.2 Å². The number of allylic oxidation sites excluding steroid dienone is 2. The van der Waals surface area contributed by atoms with Crippen molar-refractivity contribution >= 4 is 0 Å². The Morgan fingerprint density at radius 2 is 2.50 bits per heavy atom. The summed E-state index contributed by atoms with van der Waals surface area (Å²) < 4.78 is 0. The van der Waals surface area contributed by atoms with Gasteiger partial charge in [-0.3, -0.25) is 0 Å². The molecule has 3 N–H and O–H groups in total. The molecule has 0 saturated heterocycles. The fourth-order valence-corrected chi connectivity index (χ4v) is 1.53. The van der Waals surface area contributed by atoms with Gasteiger partial charge in [-0.25, -0.2) is 0 Å². The quantitative estimate of drug-likeness (QED) is 0.607. The van der Waals surface area contributed by atoms with E-state index >= 15 is 0 Å². The van der Waals surface area contributed by atoms with E-state index in [1.165, 1.54) is 19.3 Å². The lowest BCUT2D eigenvalue weighted by atomic mass is 10.1. The summed E-state index contributed by atoms with van der Waals surface area (Å²) in [5.74, 6) is 0.822. The second-order valence-corrected chi connectivity index (χ2v) is 3.65. The van der Waals surface area contributed by atoms with Gasteiger partial charge in [0.05, 0.1) is 0 Å². The van der Waals surface area contributed by atoms with Gasteiger partial charge in [-0.1, -0.05) is 12.2 Å². The van der Waals surface area contributed by atoms with Crippen LogP contribution in [0.25, 0.3) is 0 Å². The topological polar surface area (TPSA) is 38.0 Å². The van der Waals surface area contributed by atoms with Gasteiger partial charge in [0.15, 0.2) is 0 Å². The Hall–Kier alpha value is -0.340. The van der Waals surface area contributed by atoms with Gasteiger partial charge < -0.3 is 11.1 Å². The summed E-state index contributed by atoms with van der Waals surface area (Å²) in [7, 11) is 0. The molecule has 0 spiro atoms. The maximum Gasteiger partial charge on any atom is 0.0161 e. The van der Waals surface area contributed by atoms with Crippen molar-refractivity contribution in [1.82, 2.24) is 5.32 Å². The zero-order valence-corrected chi connectivity index (χ0v) is 7.92. The Bertz CT molecular complexity index is 143. The normalized spacial score (nSPS) is 24.7. The van der Waals surface area contributed by atoms with Gasteiger partial charge in [-0.15, -0.1) is 0 Å². The third kappa shape index (κ3) is 3.37. The van der Waals surface area contributed by atoms with Gasteiger partial charge in [0.2, 0.25) is 0 Å². The summed E-state index contributed by atoms with van der Waals surface area (Å²) in [6.45, 7) is 3.97. The molecule has 2 heteroatoms. The summed E-state index contributed by atoms with van der Waals surface area (Å²) in [6.07, 6.45) is 8.52. The smallest absolute Gasteiger partial charge is 0.0161 e. The molecule has 0 amide bonds. The van der Waals surface area contributed by atoms with Crippen molar-refractivity contribution in [3.8, 4) is 0 Å². The molecule has 0 radical (unpaired) electrons.